The van der Waals surface area contributed by atoms with Gasteiger partial charge < -0.3 is 10.2 Å². The van der Waals surface area contributed by atoms with Gasteiger partial charge in [0.1, 0.15) is 6.73 Å². The first-order valence-electron chi connectivity index (χ1n) is 2.56. The van der Waals surface area contributed by atoms with E-state index in [1.165, 1.54) is 0 Å². The van der Waals surface area contributed by atoms with Gasteiger partial charge in [-0.25, -0.2) is 9.18 Å². The normalized spacial score (nSPS) is 10.2. The van der Waals surface area contributed by atoms with Crippen LogP contribution in [0.1, 0.15) is 0 Å². The Labute approximate surface area is 57.2 Å². The van der Waals surface area contributed by atoms with Crippen molar-refractivity contribution < 1.29 is 19.4 Å². The average molecular weight is 149 g/mol. The van der Waals surface area contributed by atoms with Crippen molar-refractivity contribution in [2.45, 2.75) is 0 Å². The number of hydrogen-bond acceptors (Lipinski definition) is 2. The van der Waals surface area contributed by atoms with Crippen LogP contribution < -0.4 is 0 Å². The van der Waals surface area contributed by atoms with Gasteiger partial charge in [0.2, 0.25) is 0 Å². The zero-order chi connectivity index (χ0) is 7.98. The number of halogens is 1. The second kappa shape index (κ2) is 4.75. The predicted octanol–water partition coefficient (Wildman–Crippen LogP) is 0.399. The van der Waals surface area contributed by atoms with Gasteiger partial charge in [0, 0.05) is 6.54 Å². The van der Waals surface area contributed by atoms with E-state index in [1.54, 1.807) is 0 Å². The summed E-state index contributed by atoms with van der Waals surface area (Å²) >= 11 is 0. The lowest BCUT2D eigenvalue weighted by Crippen LogP contribution is -2.30. The molecule has 0 bridgehead atoms. The van der Waals surface area contributed by atoms with Gasteiger partial charge in [-0.2, -0.15) is 0 Å². The Balaban J connectivity index is 3.71. The van der Waals surface area contributed by atoms with Crippen LogP contribution in [0.5, 0.6) is 0 Å². The zero-order valence-corrected chi connectivity index (χ0v) is 5.20. The van der Waals surface area contributed by atoms with Crippen molar-refractivity contribution >= 4 is 6.09 Å². The minimum absolute atomic E-state index is 0.137. The fourth-order valence-corrected chi connectivity index (χ4v) is 0.363. The van der Waals surface area contributed by atoms with Crippen LogP contribution in [-0.2, 0) is 0 Å². The number of hydrogen-bond donors (Lipinski definition) is 2. The number of carboxylic acid groups (broad SMARTS) is 1. The Morgan fingerprint density at radius 2 is 2.30 bits per heavy atom. The molecule has 0 unspecified atom stereocenters. The number of amides is 1. The van der Waals surface area contributed by atoms with Gasteiger partial charge in [0.15, 0.2) is 0 Å². The molecule has 0 aromatic heterocycles. The number of nitrogens with zero attached hydrogens (tertiary/aromatic N) is 1. The standard InChI is InChI=1S/C5H8FNO3/c6-2-1-3-7(4-8)5(9)10/h1-2,8H,3-4H2,(H,9,10). The van der Waals surface area contributed by atoms with Crippen LogP contribution in [0.25, 0.3) is 0 Å². The van der Waals surface area contributed by atoms with E-state index in [9.17, 15) is 9.18 Å². The molecule has 1 amide bonds. The first-order chi connectivity index (χ1) is 4.72. The second-order valence-corrected chi connectivity index (χ2v) is 1.51. The third kappa shape index (κ3) is 3.03. The Bertz CT molecular complexity index is 137. The third-order valence-electron chi connectivity index (χ3n) is 0.856. The van der Waals surface area contributed by atoms with Crippen molar-refractivity contribution in [3.05, 3.63) is 12.4 Å². The molecule has 4 nitrogen and oxygen atoms in total. The van der Waals surface area contributed by atoms with Gasteiger partial charge in [-0.15, -0.1) is 0 Å². The molecular formula is C5H8FNO3. The molecule has 5 heteroatoms. The van der Waals surface area contributed by atoms with Crippen molar-refractivity contribution in [2.75, 3.05) is 13.3 Å². The van der Waals surface area contributed by atoms with E-state index >= 15 is 0 Å². The van der Waals surface area contributed by atoms with E-state index in [0.717, 1.165) is 6.08 Å². The van der Waals surface area contributed by atoms with Gasteiger partial charge in [-0.3, -0.25) is 4.90 Å². The molecular weight excluding hydrogens is 141 g/mol. The van der Waals surface area contributed by atoms with Crippen molar-refractivity contribution in [3.63, 3.8) is 0 Å². The Morgan fingerprint density at radius 1 is 1.70 bits per heavy atom. The van der Waals surface area contributed by atoms with Gasteiger partial charge in [-0.05, 0) is 6.08 Å². The minimum Gasteiger partial charge on any atom is -0.465 e. The molecule has 0 atom stereocenters. The van der Waals surface area contributed by atoms with Crippen LogP contribution in [0.4, 0.5) is 9.18 Å². The first kappa shape index (κ1) is 8.90. The smallest absolute Gasteiger partial charge is 0.409 e. The fourth-order valence-electron chi connectivity index (χ4n) is 0.363. The Morgan fingerprint density at radius 3 is 2.60 bits per heavy atom. The predicted molar refractivity (Wildman–Crippen MR) is 32.1 cm³/mol. The van der Waals surface area contributed by atoms with E-state index in [2.05, 4.69) is 0 Å². The molecule has 0 saturated carbocycles. The van der Waals surface area contributed by atoms with Crippen LogP contribution in [0.15, 0.2) is 12.4 Å². The highest BCUT2D eigenvalue weighted by Gasteiger charge is 2.05. The highest BCUT2D eigenvalue weighted by Crippen LogP contribution is 1.87. The van der Waals surface area contributed by atoms with E-state index in [4.69, 9.17) is 10.2 Å². The van der Waals surface area contributed by atoms with Gasteiger partial charge in [0.25, 0.3) is 0 Å². The van der Waals surface area contributed by atoms with Crippen molar-refractivity contribution in [3.8, 4) is 0 Å². The quantitative estimate of drug-likeness (QED) is 0.571. The molecule has 58 valence electrons. The van der Waals surface area contributed by atoms with Gasteiger partial charge in [0.05, 0.1) is 6.33 Å². The molecule has 0 aliphatic carbocycles. The molecule has 0 aromatic rings. The second-order valence-electron chi connectivity index (χ2n) is 1.51. The molecule has 2 N–H and O–H groups in total. The molecule has 0 aromatic carbocycles. The Kier molecular flexibility index (Phi) is 4.23. The maximum Gasteiger partial charge on any atom is 0.409 e. The van der Waals surface area contributed by atoms with E-state index in [1.807, 2.05) is 0 Å². The van der Waals surface area contributed by atoms with Crippen LogP contribution in [0, 0.1) is 0 Å². The highest BCUT2D eigenvalue weighted by molar-refractivity contribution is 5.64. The zero-order valence-electron chi connectivity index (χ0n) is 5.20. The van der Waals surface area contributed by atoms with Crippen LogP contribution in [-0.4, -0.2) is 34.5 Å². The molecule has 0 saturated heterocycles. The molecule has 10 heavy (non-hydrogen) atoms. The fraction of sp³-hybridized carbons (Fsp3) is 0.400. The summed E-state index contributed by atoms with van der Waals surface area (Å²) in [6, 6.07) is 0. The lowest BCUT2D eigenvalue weighted by atomic mass is 10.5. The van der Waals surface area contributed by atoms with E-state index < -0.39 is 12.8 Å². The summed E-state index contributed by atoms with van der Waals surface area (Å²) < 4.78 is 11.3. The largest absolute Gasteiger partial charge is 0.465 e. The molecule has 0 aliphatic rings. The lowest BCUT2D eigenvalue weighted by molar-refractivity contribution is 0.0959. The topological polar surface area (TPSA) is 60.8 Å². The molecule has 0 fully saturated rings. The summed E-state index contributed by atoms with van der Waals surface area (Å²) in [5.74, 6) is 0. The van der Waals surface area contributed by atoms with Crippen LogP contribution >= 0.6 is 0 Å². The van der Waals surface area contributed by atoms with E-state index in [-0.39, 0.29) is 12.9 Å². The minimum atomic E-state index is -1.28. The highest BCUT2D eigenvalue weighted by atomic mass is 19.1. The number of rotatable bonds is 3. The summed E-state index contributed by atoms with van der Waals surface area (Å²) in [5, 5.41) is 16.5. The van der Waals surface area contributed by atoms with E-state index in [0.29, 0.717) is 4.90 Å². The van der Waals surface area contributed by atoms with Crippen molar-refractivity contribution in [2.24, 2.45) is 0 Å². The molecule has 0 aliphatic heterocycles. The maximum atomic E-state index is 11.3. The summed E-state index contributed by atoms with van der Waals surface area (Å²) in [6.07, 6.45) is -0.0590. The monoisotopic (exact) mass is 149 g/mol. The maximum absolute atomic E-state index is 11.3. The third-order valence-corrected chi connectivity index (χ3v) is 0.856. The molecule has 0 heterocycles. The van der Waals surface area contributed by atoms with Crippen molar-refractivity contribution in [1.82, 2.24) is 4.90 Å². The van der Waals surface area contributed by atoms with Crippen LogP contribution in [0.2, 0.25) is 0 Å². The average Bonchev–Trinajstić information content (AvgIpc) is 1.89. The summed E-state index contributed by atoms with van der Waals surface area (Å²) in [7, 11) is 0. The molecule has 0 rings (SSSR count). The molecule has 0 radical (unpaired) electrons. The van der Waals surface area contributed by atoms with Gasteiger partial charge >= 0.3 is 6.09 Å². The lowest BCUT2D eigenvalue weighted by Gasteiger charge is -2.11. The van der Waals surface area contributed by atoms with Crippen molar-refractivity contribution in [1.29, 1.82) is 0 Å². The Hall–Kier alpha value is -1.10. The SMILES string of the molecule is O=C(O)N(CO)CC=CF. The number of carbonyl (C=O) groups is 1. The van der Waals surface area contributed by atoms with Crippen LogP contribution in [0.3, 0.4) is 0 Å². The number of aliphatic hydroxyl groups excluding tert-OH is 1. The number of aliphatic hydroxyl groups is 1. The summed E-state index contributed by atoms with van der Waals surface area (Å²) in [5.41, 5.74) is 0. The first-order valence-corrected chi connectivity index (χ1v) is 2.56. The summed E-state index contributed by atoms with van der Waals surface area (Å²) in [4.78, 5) is 10.7. The summed E-state index contributed by atoms with van der Waals surface area (Å²) in [6.45, 7) is -0.762. The molecule has 0 spiro atoms. The van der Waals surface area contributed by atoms with Gasteiger partial charge in [-0.1, -0.05) is 0 Å².